The molecule has 0 spiro atoms. The van der Waals surface area contributed by atoms with E-state index in [0.717, 1.165) is 6.92 Å². The van der Waals surface area contributed by atoms with Gasteiger partial charge >= 0.3 is 17.9 Å². The third-order valence-corrected chi connectivity index (χ3v) is 18.7. The van der Waals surface area contributed by atoms with Gasteiger partial charge in [-0.1, -0.05) is 68.2 Å². The molecule has 1 aromatic rings. The highest BCUT2D eigenvalue weighted by molar-refractivity contribution is 6.01. The first-order valence-electron chi connectivity index (χ1n) is 38.7. The maximum Gasteiger partial charge on any atom is 0.328 e. The van der Waals surface area contributed by atoms with Crippen LogP contribution in [0.15, 0.2) is 17.5 Å². The molecule has 642 valence electrons. The molecule has 1 aromatic heterocycles. The van der Waals surface area contributed by atoms with Gasteiger partial charge in [0.1, 0.15) is 78.5 Å². The molecule has 1 saturated heterocycles. The summed E-state index contributed by atoms with van der Waals surface area (Å²) in [6.07, 6.45) is 0.335. The van der Waals surface area contributed by atoms with E-state index in [1.54, 1.807) is 55.4 Å². The number of carbonyl (C=O) groups is 17. The molecule has 0 bridgehead atoms. The van der Waals surface area contributed by atoms with Crippen molar-refractivity contribution in [1.29, 1.82) is 0 Å². The first-order chi connectivity index (χ1) is 53.8. The zero-order valence-electron chi connectivity index (χ0n) is 66.6. The molecule has 0 radical (unpaired) electrons. The van der Waals surface area contributed by atoms with Crippen LogP contribution in [0.2, 0.25) is 0 Å². The quantitative estimate of drug-likeness (QED) is 0.0165. The third kappa shape index (κ3) is 37.8. The van der Waals surface area contributed by atoms with Gasteiger partial charge in [0, 0.05) is 51.2 Å². The van der Waals surface area contributed by atoms with Crippen LogP contribution in [0, 0.1) is 23.7 Å². The monoisotopic (exact) mass is 1620 g/mol. The summed E-state index contributed by atoms with van der Waals surface area (Å²) >= 11 is 0. The molecular weight excluding hydrogens is 1490 g/mol. The van der Waals surface area contributed by atoms with Crippen LogP contribution in [-0.4, -0.2) is 248 Å². The van der Waals surface area contributed by atoms with Gasteiger partial charge in [-0.2, -0.15) is 0 Å². The average Bonchev–Trinajstić information content (AvgIpc) is 0.871. The fraction of sp³-hybridized carbons (Fsp3) is 0.708. The first kappa shape index (κ1) is 99.4. The van der Waals surface area contributed by atoms with Crippen molar-refractivity contribution < 1.29 is 102 Å². The van der Waals surface area contributed by atoms with E-state index in [9.17, 15) is 102 Å². The number of rotatable bonds is 46. The van der Waals surface area contributed by atoms with Crippen molar-refractivity contribution in [3.63, 3.8) is 0 Å². The number of carboxylic acid groups (broad SMARTS) is 3. The van der Waals surface area contributed by atoms with Crippen LogP contribution in [0.25, 0.3) is 0 Å². The second kappa shape index (κ2) is 52.6. The van der Waals surface area contributed by atoms with Gasteiger partial charge in [-0.15, -0.1) is 0 Å². The van der Waals surface area contributed by atoms with Gasteiger partial charge in [0.15, 0.2) is 5.96 Å². The second-order valence-electron chi connectivity index (χ2n) is 29.2. The predicted molar refractivity (Wildman–Crippen MR) is 412 cm³/mol. The largest absolute Gasteiger partial charge is 0.481 e. The normalized spacial score (nSPS) is 19.3. The van der Waals surface area contributed by atoms with E-state index in [4.69, 9.17) is 22.9 Å². The molecule has 0 aromatic carbocycles. The number of aliphatic imine (C=N–C) groups is 1. The van der Waals surface area contributed by atoms with Crippen molar-refractivity contribution in [2.45, 2.75) is 269 Å². The summed E-state index contributed by atoms with van der Waals surface area (Å²) in [6.45, 7) is 13.6. The predicted octanol–water partition coefficient (Wildman–Crippen LogP) is -5.12. The zero-order valence-corrected chi connectivity index (χ0v) is 66.6. The molecule has 2 heterocycles. The minimum absolute atomic E-state index is 0.0189. The van der Waals surface area contributed by atoms with Crippen LogP contribution in [-0.2, 0) is 87.9 Å². The van der Waals surface area contributed by atoms with Crippen LogP contribution in [0.1, 0.15) is 190 Å². The highest BCUT2D eigenvalue weighted by atomic mass is 16.4. The number of imidazole rings is 1. The number of nitrogens with zero attached hydrogens (tertiary/aromatic N) is 2. The van der Waals surface area contributed by atoms with Crippen molar-refractivity contribution in [2.75, 3.05) is 32.8 Å². The summed E-state index contributed by atoms with van der Waals surface area (Å²) in [4.78, 5) is 246. The highest BCUT2D eigenvalue weighted by Crippen LogP contribution is 2.18. The molecule has 42 heteroatoms. The molecule has 1 aliphatic heterocycles. The summed E-state index contributed by atoms with van der Waals surface area (Å²) in [7, 11) is 0. The number of nitrogens with one attached hydrogen (secondary N) is 15. The number of aromatic amines is 1. The number of carboxylic acids is 3. The van der Waals surface area contributed by atoms with E-state index in [1.807, 2.05) is 5.32 Å². The van der Waals surface area contributed by atoms with Crippen LogP contribution >= 0.6 is 0 Å². The second-order valence-corrected chi connectivity index (χ2v) is 29.2. The maximum absolute atomic E-state index is 15.0. The Morgan fingerprint density at radius 2 is 1.15 bits per heavy atom. The number of aliphatic hydroxyl groups is 1. The molecule has 1 unspecified atom stereocenters. The SMILES string of the molecule is CCC(C)[C@H](NC(=O)[C@H](CCCCN)NC(=O)[C@H](Cc1cnc[nH]1)NC(=O)[C@H](CCCCN)NC(=O)[C@H](CCC(=O)O)NC(C)=O)C(=O)N[C@@H](CC(C)C)C(=O)N[C@H]1CCC(=O)NCCC[C@@H](C(=O)N[C@@H](CC(=O)O)C(=O)N[C@@H](CO)C(=O)O)NC(=O)[C@H]([C@@H](C)CC)NC(=O)[C@H](CC(C)C)NC(=O)[C@H](CCCN=C(N)N)NC1=O. The van der Waals surface area contributed by atoms with Crippen LogP contribution in [0.3, 0.4) is 0 Å². The lowest BCUT2D eigenvalue weighted by Crippen LogP contribution is -2.62. The highest BCUT2D eigenvalue weighted by Gasteiger charge is 2.40. The minimum atomic E-state index is -1.98. The fourth-order valence-electron chi connectivity index (χ4n) is 11.9. The number of hydrogen-bond acceptors (Lipinski definition) is 22. The van der Waals surface area contributed by atoms with Crippen molar-refractivity contribution in [2.24, 2.45) is 51.6 Å². The van der Waals surface area contributed by atoms with Crippen LogP contribution in [0.5, 0.6) is 0 Å². The number of H-pyrrole nitrogens is 1. The Bertz CT molecular complexity index is 3390. The van der Waals surface area contributed by atoms with Crippen LogP contribution in [0.4, 0.5) is 0 Å². The number of guanidine groups is 1. The molecule has 15 atom stereocenters. The Morgan fingerprint density at radius 3 is 1.68 bits per heavy atom. The van der Waals surface area contributed by atoms with Gasteiger partial charge in [0.25, 0.3) is 0 Å². The lowest BCUT2D eigenvalue weighted by molar-refractivity contribution is -0.144. The Kier molecular flexibility index (Phi) is 45.9. The topological polar surface area (TPSA) is 685 Å². The molecule has 114 heavy (non-hydrogen) atoms. The lowest BCUT2D eigenvalue weighted by atomic mass is 9.95. The molecule has 14 amide bonds. The van der Waals surface area contributed by atoms with Gasteiger partial charge in [-0.05, 0) is 127 Å². The fourth-order valence-corrected chi connectivity index (χ4v) is 11.9. The smallest absolute Gasteiger partial charge is 0.328 e. The van der Waals surface area contributed by atoms with Crippen molar-refractivity contribution in [1.82, 2.24) is 84.4 Å². The van der Waals surface area contributed by atoms with Crippen molar-refractivity contribution in [3.05, 3.63) is 18.2 Å². The van der Waals surface area contributed by atoms with Gasteiger partial charge in [-0.25, -0.2) is 9.78 Å². The van der Waals surface area contributed by atoms with Gasteiger partial charge in [0.05, 0.1) is 19.4 Å². The Labute approximate surface area is 662 Å². The zero-order chi connectivity index (χ0) is 85.9. The van der Waals surface area contributed by atoms with E-state index in [-0.39, 0.29) is 127 Å². The number of aliphatic hydroxyl groups excluding tert-OH is 1. The van der Waals surface area contributed by atoms with Gasteiger partial charge in [-0.3, -0.25) is 81.7 Å². The number of hydrogen-bond donors (Lipinski definition) is 23. The number of carbonyl (C=O) groups excluding carboxylic acids is 14. The number of aliphatic carboxylic acids is 3. The van der Waals surface area contributed by atoms with Gasteiger partial charge < -0.3 is 123 Å². The maximum atomic E-state index is 15.0. The molecule has 0 saturated carbocycles. The number of nitrogens with two attached hydrogens (primary N) is 4. The molecule has 1 aliphatic rings. The van der Waals surface area contributed by atoms with E-state index >= 15 is 0 Å². The van der Waals surface area contributed by atoms with E-state index < -0.39 is 223 Å². The molecule has 27 N–H and O–H groups in total. The van der Waals surface area contributed by atoms with Gasteiger partial charge in [0.2, 0.25) is 82.7 Å². The lowest BCUT2D eigenvalue weighted by Gasteiger charge is -2.31. The molecule has 0 aliphatic carbocycles. The Hall–Kier alpha value is -10.6. The summed E-state index contributed by atoms with van der Waals surface area (Å²) < 4.78 is 0. The Balaban J connectivity index is 2.78. The molecule has 1 fully saturated rings. The first-order valence-corrected chi connectivity index (χ1v) is 38.7. The molecular formula is C72H123N21O21. The van der Waals surface area contributed by atoms with E-state index in [0.29, 0.717) is 25.0 Å². The standard InChI is InChI=1S/C72H123N21O21/c1-10-39(7)57-69(111)86-46(61(103)89-52(33-56(99)100)67(109)91-53(35-94)71(113)114)20-16-28-78-54(96)24-22-48(63(105)83-45(21-17-29-79-72(75)76)60(102)87-50(31-38(5)6)68(110)93-57)85-65(107)49(30-37(3)4)90-70(112)58(40(8)11-2)92-64(106)44(19-13-15-27-74)84-66(108)51(32-42-34-77-36-80-42)88-59(101)43(18-12-14-26-73)82-62(104)47(81-41(9)95)23-25-55(97)98/h34,36-40,43-53,57-58,94H,10-33,35,73-74H2,1-9H3,(H,77,80)(H,78,96)(H,81,95)(H,82,104)(H,83,105)(H,84,108)(H,85,107)(H,86,111)(H,87,102)(H,88,101)(H,89,103)(H,90,112)(H,91,109)(H,92,106)(H,93,110)(H,97,98)(H,99,100)(H,113,114)(H4,75,76,79)/t39-,40?,43-,44-,45-,46-,47-,48-,49-,50-,51-,52-,53-,57-,58-/m0/s1. The number of aromatic nitrogens is 2. The summed E-state index contributed by atoms with van der Waals surface area (Å²) in [6, 6.07) is -20.3. The number of unbranched alkanes of at least 4 members (excludes halogenated alkanes) is 2. The summed E-state index contributed by atoms with van der Waals surface area (Å²) in [5.74, 6) is -20.1. The van der Waals surface area contributed by atoms with Crippen LogP contribution < -0.4 is 97.4 Å². The molecule has 42 nitrogen and oxygen atoms in total. The van der Waals surface area contributed by atoms with E-state index in [1.165, 1.54) is 12.5 Å². The third-order valence-electron chi connectivity index (χ3n) is 18.7. The number of amides is 14. The van der Waals surface area contributed by atoms with Crippen molar-refractivity contribution >= 4 is 107 Å². The summed E-state index contributed by atoms with van der Waals surface area (Å²) in [5.41, 5.74) is 23.2. The van der Waals surface area contributed by atoms with E-state index in [2.05, 4.69) is 84.1 Å². The Morgan fingerprint density at radius 1 is 0.588 bits per heavy atom. The minimum Gasteiger partial charge on any atom is -0.481 e. The summed E-state index contributed by atoms with van der Waals surface area (Å²) in [5, 5.41) is 73.9. The molecule has 2 rings (SSSR count). The van der Waals surface area contributed by atoms with Crippen molar-refractivity contribution in [3.8, 4) is 0 Å². The average molecular weight is 1620 g/mol.